The van der Waals surface area contributed by atoms with Crippen molar-refractivity contribution in [2.45, 2.75) is 6.10 Å². The molecule has 0 heterocycles. The van der Waals surface area contributed by atoms with Gasteiger partial charge in [0, 0.05) is 17.6 Å². The van der Waals surface area contributed by atoms with Crippen LogP contribution >= 0.6 is 39.1 Å². The third-order valence-electron chi connectivity index (χ3n) is 2.68. The van der Waals surface area contributed by atoms with Gasteiger partial charge in [0.25, 0.3) is 0 Å². The van der Waals surface area contributed by atoms with E-state index < -0.39 is 11.9 Å². The van der Waals surface area contributed by atoms with Gasteiger partial charge in [0.2, 0.25) is 0 Å². The first-order valence-electron chi connectivity index (χ1n) is 5.78. The second-order valence-corrected chi connectivity index (χ2v) is 5.79. The molecule has 1 atom stereocenters. The predicted molar refractivity (Wildman–Crippen MR) is 83.0 cm³/mol. The van der Waals surface area contributed by atoms with E-state index in [0.717, 1.165) is 5.56 Å². The van der Waals surface area contributed by atoms with Crippen LogP contribution in [0, 0.1) is 5.82 Å². The van der Waals surface area contributed by atoms with Gasteiger partial charge in [0.05, 0.1) is 9.50 Å². The topological polar surface area (TPSA) is 35.2 Å². The van der Waals surface area contributed by atoms with E-state index in [2.05, 4.69) is 15.9 Å². The van der Waals surface area contributed by atoms with E-state index in [1.54, 1.807) is 18.2 Å². The molecule has 0 fully saturated rings. The fourth-order valence-corrected chi connectivity index (χ4v) is 2.64. The monoisotopic (exact) mass is 377 g/mol. The summed E-state index contributed by atoms with van der Waals surface area (Å²) in [6, 6.07) is 9.85. The molecule has 2 nitrogen and oxygen atoms in total. The van der Waals surface area contributed by atoms with Crippen LogP contribution in [0.25, 0.3) is 0 Å². The molecule has 2 aromatic carbocycles. The zero-order valence-corrected chi connectivity index (χ0v) is 13.3. The van der Waals surface area contributed by atoms with Crippen molar-refractivity contribution in [3.63, 3.8) is 0 Å². The van der Waals surface area contributed by atoms with Gasteiger partial charge in [0.1, 0.15) is 17.7 Å². The highest BCUT2D eigenvalue weighted by molar-refractivity contribution is 9.10. The van der Waals surface area contributed by atoms with Crippen LogP contribution in [0.3, 0.4) is 0 Å². The van der Waals surface area contributed by atoms with Crippen molar-refractivity contribution in [1.29, 1.82) is 0 Å². The molecule has 2 rings (SSSR count). The SMILES string of the molecule is NCC(Oc1cc(F)c(Cl)cc1Br)c1cccc(Cl)c1. The Labute approximate surface area is 134 Å². The van der Waals surface area contributed by atoms with Crippen LogP contribution in [-0.4, -0.2) is 6.54 Å². The van der Waals surface area contributed by atoms with Crippen molar-refractivity contribution in [2.75, 3.05) is 6.54 Å². The lowest BCUT2D eigenvalue weighted by atomic mass is 10.1. The third kappa shape index (κ3) is 3.64. The minimum atomic E-state index is -0.549. The molecule has 0 aliphatic heterocycles. The molecule has 2 aromatic rings. The van der Waals surface area contributed by atoms with Crippen LogP contribution in [0.4, 0.5) is 4.39 Å². The molecule has 0 saturated carbocycles. The average molecular weight is 379 g/mol. The first kappa shape index (κ1) is 15.6. The largest absolute Gasteiger partial charge is 0.483 e. The number of halogens is 4. The first-order valence-corrected chi connectivity index (χ1v) is 7.33. The van der Waals surface area contributed by atoms with Crippen molar-refractivity contribution in [1.82, 2.24) is 0 Å². The molecule has 0 aromatic heterocycles. The van der Waals surface area contributed by atoms with Gasteiger partial charge < -0.3 is 10.5 Å². The number of benzene rings is 2. The van der Waals surface area contributed by atoms with Gasteiger partial charge in [-0.2, -0.15) is 0 Å². The van der Waals surface area contributed by atoms with E-state index in [4.69, 9.17) is 33.7 Å². The molecule has 0 bridgehead atoms. The van der Waals surface area contributed by atoms with Crippen LogP contribution in [0.1, 0.15) is 11.7 Å². The molecule has 106 valence electrons. The maximum absolute atomic E-state index is 13.5. The summed E-state index contributed by atoms with van der Waals surface area (Å²) in [6.07, 6.45) is -0.425. The molecule has 1 unspecified atom stereocenters. The molecule has 0 spiro atoms. The second-order valence-electron chi connectivity index (χ2n) is 4.09. The first-order chi connectivity index (χ1) is 9.51. The van der Waals surface area contributed by atoms with E-state index in [0.29, 0.717) is 15.2 Å². The summed E-state index contributed by atoms with van der Waals surface area (Å²) in [5.41, 5.74) is 6.54. The van der Waals surface area contributed by atoms with Crippen molar-refractivity contribution >= 4 is 39.1 Å². The minimum Gasteiger partial charge on any atom is -0.483 e. The number of hydrogen-bond acceptors (Lipinski definition) is 2. The zero-order chi connectivity index (χ0) is 14.7. The lowest BCUT2D eigenvalue weighted by Crippen LogP contribution is -2.18. The summed E-state index contributed by atoms with van der Waals surface area (Å²) in [5.74, 6) is -0.214. The zero-order valence-electron chi connectivity index (χ0n) is 10.2. The van der Waals surface area contributed by atoms with Gasteiger partial charge in [-0.3, -0.25) is 0 Å². The van der Waals surface area contributed by atoms with Crippen molar-refractivity contribution in [2.24, 2.45) is 5.73 Å². The second kappa shape index (κ2) is 6.76. The number of rotatable bonds is 4. The normalized spacial score (nSPS) is 12.2. The maximum atomic E-state index is 13.5. The van der Waals surface area contributed by atoms with E-state index in [-0.39, 0.29) is 11.6 Å². The van der Waals surface area contributed by atoms with Gasteiger partial charge >= 0.3 is 0 Å². The summed E-state index contributed by atoms with van der Waals surface area (Å²) >= 11 is 14.9. The van der Waals surface area contributed by atoms with Crippen molar-refractivity contribution < 1.29 is 9.13 Å². The van der Waals surface area contributed by atoms with Gasteiger partial charge in [-0.1, -0.05) is 35.3 Å². The average Bonchev–Trinajstić information content (AvgIpc) is 2.41. The molecule has 6 heteroatoms. The summed E-state index contributed by atoms with van der Waals surface area (Å²) in [7, 11) is 0. The molecular formula is C14H11BrCl2FNO. The summed E-state index contributed by atoms with van der Waals surface area (Å²) in [5, 5.41) is 0.613. The van der Waals surface area contributed by atoms with Crippen LogP contribution in [0.2, 0.25) is 10.0 Å². The highest BCUT2D eigenvalue weighted by Crippen LogP contribution is 2.33. The predicted octanol–water partition coefficient (Wildman–Crippen LogP) is 4.97. The van der Waals surface area contributed by atoms with Crippen LogP contribution in [0.5, 0.6) is 5.75 Å². The van der Waals surface area contributed by atoms with Crippen LogP contribution in [0.15, 0.2) is 40.9 Å². The van der Waals surface area contributed by atoms with E-state index >= 15 is 0 Å². The molecule has 2 N–H and O–H groups in total. The summed E-state index contributed by atoms with van der Waals surface area (Å²) < 4.78 is 19.8. The number of nitrogens with two attached hydrogens (primary N) is 1. The van der Waals surface area contributed by atoms with Gasteiger partial charge in [-0.15, -0.1) is 0 Å². The minimum absolute atomic E-state index is 0.0243. The lowest BCUT2D eigenvalue weighted by molar-refractivity contribution is 0.212. The van der Waals surface area contributed by atoms with E-state index in [1.807, 2.05) is 6.07 Å². The van der Waals surface area contributed by atoms with E-state index in [9.17, 15) is 4.39 Å². The van der Waals surface area contributed by atoms with Crippen molar-refractivity contribution in [3.8, 4) is 5.75 Å². The van der Waals surface area contributed by atoms with Crippen LogP contribution in [-0.2, 0) is 0 Å². The van der Waals surface area contributed by atoms with Gasteiger partial charge in [0.15, 0.2) is 0 Å². The maximum Gasteiger partial charge on any atom is 0.145 e. The lowest BCUT2D eigenvalue weighted by Gasteiger charge is -2.19. The third-order valence-corrected chi connectivity index (χ3v) is 3.82. The highest BCUT2D eigenvalue weighted by atomic mass is 79.9. The smallest absolute Gasteiger partial charge is 0.145 e. The van der Waals surface area contributed by atoms with Crippen molar-refractivity contribution in [3.05, 3.63) is 62.3 Å². The standard InChI is InChI=1S/C14H11BrCl2FNO/c15-10-5-11(17)12(18)6-13(10)20-14(7-19)8-2-1-3-9(16)4-8/h1-6,14H,7,19H2. The Hall–Kier alpha value is -0.810. The molecule has 20 heavy (non-hydrogen) atoms. The Morgan fingerprint density at radius 3 is 2.65 bits per heavy atom. The molecular weight excluding hydrogens is 368 g/mol. The number of ether oxygens (including phenoxy) is 1. The van der Waals surface area contributed by atoms with Gasteiger partial charge in [-0.25, -0.2) is 4.39 Å². The Balaban J connectivity index is 2.29. The molecule has 0 saturated heterocycles. The fraction of sp³-hybridized carbons (Fsp3) is 0.143. The molecule has 0 radical (unpaired) electrons. The number of hydrogen-bond donors (Lipinski definition) is 1. The van der Waals surface area contributed by atoms with E-state index in [1.165, 1.54) is 12.1 Å². The Bertz CT molecular complexity index is 624. The Kier molecular flexibility index (Phi) is 5.27. The van der Waals surface area contributed by atoms with Gasteiger partial charge in [-0.05, 0) is 39.7 Å². The summed E-state index contributed by atoms with van der Waals surface area (Å²) in [4.78, 5) is 0. The quantitative estimate of drug-likeness (QED) is 0.762. The fourth-order valence-electron chi connectivity index (χ4n) is 1.71. The summed E-state index contributed by atoms with van der Waals surface area (Å²) in [6.45, 7) is 0.233. The molecule has 0 aliphatic carbocycles. The Morgan fingerprint density at radius 1 is 1.25 bits per heavy atom. The Morgan fingerprint density at radius 2 is 2.00 bits per heavy atom. The molecule has 0 aliphatic rings. The van der Waals surface area contributed by atoms with Crippen LogP contribution < -0.4 is 10.5 Å². The highest BCUT2D eigenvalue weighted by Gasteiger charge is 2.15. The molecule has 0 amide bonds.